The molecule has 0 bridgehead atoms. The molecular formula is C32H36Cl2F2N2O6. The zero-order chi connectivity index (χ0) is 31.9. The Morgan fingerprint density at radius 2 is 1.66 bits per heavy atom. The highest BCUT2D eigenvalue weighted by atomic mass is 35.5. The second-order valence-electron chi connectivity index (χ2n) is 9.90. The third-order valence-corrected chi connectivity index (χ3v) is 6.94. The monoisotopic (exact) mass is 652 g/mol. The van der Waals surface area contributed by atoms with Crippen LogP contribution >= 0.6 is 23.2 Å². The fourth-order valence-electron chi connectivity index (χ4n) is 4.28. The number of amides is 2. The third kappa shape index (κ3) is 12.3. The van der Waals surface area contributed by atoms with Crippen LogP contribution in [0.1, 0.15) is 36.5 Å². The van der Waals surface area contributed by atoms with Gasteiger partial charge in [0.1, 0.15) is 24.0 Å². The predicted molar refractivity (Wildman–Crippen MR) is 164 cm³/mol. The summed E-state index contributed by atoms with van der Waals surface area (Å²) in [7, 11) is 0. The molecule has 0 saturated heterocycles. The SMILES string of the molecule is CCOC(Cc1ccc(OCCN(CCCCOCc2cc(Cl)cc(Cl)c2)C(=O)NCc2ccc(F)cc2F)cc1)C(=O)O. The number of unbranched alkanes of at least 4 members (excludes halogenated alkanes) is 1. The number of hydrogen-bond donors (Lipinski definition) is 2. The van der Waals surface area contributed by atoms with E-state index in [2.05, 4.69) is 5.32 Å². The summed E-state index contributed by atoms with van der Waals surface area (Å²) in [6, 6.07) is 15.0. The van der Waals surface area contributed by atoms with Crippen molar-refractivity contribution in [2.24, 2.45) is 0 Å². The first-order chi connectivity index (χ1) is 21.1. The molecule has 0 heterocycles. The maximum Gasteiger partial charge on any atom is 0.333 e. The Morgan fingerprint density at radius 3 is 2.32 bits per heavy atom. The van der Waals surface area contributed by atoms with Crippen molar-refractivity contribution in [3.8, 4) is 5.75 Å². The summed E-state index contributed by atoms with van der Waals surface area (Å²) in [4.78, 5) is 25.9. The molecule has 1 unspecified atom stereocenters. The van der Waals surface area contributed by atoms with Crippen LogP contribution in [-0.4, -0.2) is 61.0 Å². The van der Waals surface area contributed by atoms with E-state index < -0.39 is 29.7 Å². The maximum atomic E-state index is 14.1. The van der Waals surface area contributed by atoms with E-state index in [1.807, 2.05) is 0 Å². The van der Waals surface area contributed by atoms with E-state index in [1.165, 1.54) is 6.07 Å². The van der Waals surface area contributed by atoms with Crippen LogP contribution in [0.5, 0.6) is 5.75 Å². The quantitative estimate of drug-likeness (QED) is 0.145. The molecule has 2 amide bonds. The zero-order valence-corrected chi connectivity index (χ0v) is 25.9. The number of nitrogens with one attached hydrogen (secondary N) is 1. The fourth-order valence-corrected chi connectivity index (χ4v) is 4.85. The number of halogens is 4. The van der Waals surface area contributed by atoms with Gasteiger partial charge in [0.15, 0.2) is 6.10 Å². The molecular weight excluding hydrogens is 617 g/mol. The molecule has 0 radical (unpaired) electrons. The lowest BCUT2D eigenvalue weighted by Crippen LogP contribution is -2.42. The molecule has 0 aromatic heterocycles. The number of rotatable bonds is 18. The minimum atomic E-state index is -1.02. The average molecular weight is 654 g/mol. The van der Waals surface area contributed by atoms with Gasteiger partial charge in [-0.1, -0.05) is 41.4 Å². The van der Waals surface area contributed by atoms with Gasteiger partial charge in [-0.2, -0.15) is 0 Å². The number of hydrogen-bond acceptors (Lipinski definition) is 5. The lowest BCUT2D eigenvalue weighted by Gasteiger charge is -2.23. The Morgan fingerprint density at radius 1 is 0.932 bits per heavy atom. The van der Waals surface area contributed by atoms with Gasteiger partial charge < -0.3 is 29.5 Å². The number of urea groups is 1. The first kappa shape index (κ1) is 35.0. The van der Waals surface area contributed by atoms with Gasteiger partial charge in [-0.15, -0.1) is 0 Å². The van der Waals surface area contributed by atoms with Crippen molar-refractivity contribution in [1.29, 1.82) is 0 Å². The van der Waals surface area contributed by atoms with Crippen LogP contribution in [0.3, 0.4) is 0 Å². The Kier molecular flexibility index (Phi) is 14.6. The van der Waals surface area contributed by atoms with Crippen LogP contribution in [0.4, 0.5) is 13.6 Å². The van der Waals surface area contributed by atoms with E-state index in [-0.39, 0.29) is 31.7 Å². The van der Waals surface area contributed by atoms with E-state index in [4.69, 9.17) is 37.4 Å². The van der Waals surface area contributed by atoms with Crippen LogP contribution in [0.2, 0.25) is 10.0 Å². The third-order valence-electron chi connectivity index (χ3n) is 6.51. The first-order valence-electron chi connectivity index (χ1n) is 14.2. The van der Waals surface area contributed by atoms with Crippen LogP contribution in [0, 0.1) is 11.6 Å². The second kappa shape index (κ2) is 18.4. The highest BCUT2D eigenvalue weighted by Crippen LogP contribution is 2.20. The number of nitrogens with zero attached hydrogens (tertiary/aromatic N) is 1. The molecule has 238 valence electrons. The predicted octanol–water partition coefficient (Wildman–Crippen LogP) is 6.89. The summed E-state index contributed by atoms with van der Waals surface area (Å²) in [5, 5.41) is 13.0. The maximum absolute atomic E-state index is 14.1. The Labute approximate surface area is 265 Å². The molecule has 44 heavy (non-hydrogen) atoms. The van der Waals surface area contributed by atoms with E-state index in [1.54, 1.807) is 54.3 Å². The molecule has 0 spiro atoms. The van der Waals surface area contributed by atoms with Gasteiger partial charge in [0.2, 0.25) is 0 Å². The standard InChI is InChI=1S/C32H36Cl2F2N2O6/c1-2-43-30(31(39)40)17-22-5-9-28(10-6-22)44-14-12-38(32(41)37-20-24-7-8-27(35)19-29(24)36)11-3-4-13-42-21-23-15-25(33)18-26(34)16-23/h5-10,15-16,18-19,30H,2-4,11-14,17,20-21H2,1H3,(H,37,41)(H,39,40). The molecule has 0 saturated carbocycles. The highest BCUT2D eigenvalue weighted by Gasteiger charge is 2.18. The van der Waals surface area contributed by atoms with Gasteiger partial charge in [-0.25, -0.2) is 18.4 Å². The Hall–Kier alpha value is -3.44. The lowest BCUT2D eigenvalue weighted by molar-refractivity contribution is -0.149. The van der Waals surface area contributed by atoms with Crippen molar-refractivity contribution >= 4 is 35.2 Å². The van der Waals surface area contributed by atoms with Crippen molar-refractivity contribution in [2.75, 3.05) is 32.9 Å². The van der Waals surface area contributed by atoms with Crippen LogP contribution in [-0.2, 0) is 33.8 Å². The van der Waals surface area contributed by atoms with Crippen molar-refractivity contribution < 1.29 is 37.7 Å². The van der Waals surface area contributed by atoms with E-state index >= 15 is 0 Å². The molecule has 3 aromatic carbocycles. The average Bonchev–Trinajstić information content (AvgIpc) is 2.97. The van der Waals surface area contributed by atoms with Gasteiger partial charge >= 0.3 is 12.0 Å². The minimum absolute atomic E-state index is 0.103. The number of aliphatic carboxylic acids is 1. The molecule has 1 atom stereocenters. The molecule has 3 rings (SSSR count). The molecule has 12 heteroatoms. The summed E-state index contributed by atoms with van der Waals surface area (Å²) in [6.07, 6.45) is 0.603. The number of carbonyl (C=O) groups is 2. The van der Waals surface area contributed by atoms with Gasteiger partial charge in [0.05, 0.1) is 13.2 Å². The molecule has 0 fully saturated rings. The number of ether oxygens (including phenoxy) is 3. The first-order valence-corrected chi connectivity index (χ1v) is 15.0. The molecule has 3 aromatic rings. The summed E-state index contributed by atoms with van der Waals surface area (Å²) < 4.78 is 44.1. The van der Waals surface area contributed by atoms with Gasteiger partial charge in [0.25, 0.3) is 0 Å². The number of carbonyl (C=O) groups excluding carboxylic acids is 1. The van der Waals surface area contributed by atoms with Gasteiger partial charge in [0, 0.05) is 54.4 Å². The molecule has 0 aliphatic carbocycles. The number of benzene rings is 3. The summed E-state index contributed by atoms with van der Waals surface area (Å²) in [6.45, 7) is 3.55. The van der Waals surface area contributed by atoms with Crippen molar-refractivity contribution in [3.05, 3.63) is 99.0 Å². The van der Waals surface area contributed by atoms with Crippen LogP contribution in [0.15, 0.2) is 60.7 Å². The second-order valence-corrected chi connectivity index (χ2v) is 10.8. The number of carboxylic acid groups (broad SMARTS) is 1. The lowest BCUT2D eigenvalue weighted by atomic mass is 10.1. The summed E-state index contributed by atoms with van der Waals surface area (Å²) in [5.41, 5.74) is 1.81. The molecule has 0 aliphatic heterocycles. The Balaban J connectivity index is 1.51. The van der Waals surface area contributed by atoms with E-state index in [0.29, 0.717) is 55.0 Å². The summed E-state index contributed by atoms with van der Waals surface area (Å²) >= 11 is 12.1. The van der Waals surface area contributed by atoms with Crippen molar-refractivity contribution in [3.63, 3.8) is 0 Å². The van der Waals surface area contributed by atoms with E-state index in [0.717, 1.165) is 23.3 Å². The van der Waals surface area contributed by atoms with E-state index in [9.17, 15) is 23.5 Å². The molecule has 2 N–H and O–H groups in total. The van der Waals surface area contributed by atoms with Crippen LogP contribution < -0.4 is 10.1 Å². The molecule has 0 aliphatic rings. The van der Waals surface area contributed by atoms with Gasteiger partial charge in [-0.3, -0.25) is 0 Å². The fraction of sp³-hybridized carbons (Fsp3) is 0.375. The smallest absolute Gasteiger partial charge is 0.333 e. The largest absolute Gasteiger partial charge is 0.492 e. The van der Waals surface area contributed by atoms with Crippen molar-refractivity contribution in [1.82, 2.24) is 10.2 Å². The van der Waals surface area contributed by atoms with Crippen molar-refractivity contribution in [2.45, 2.75) is 45.4 Å². The van der Waals surface area contributed by atoms with Gasteiger partial charge in [-0.05, 0) is 67.3 Å². The van der Waals surface area contributed by atoms with Crippen LogP contribution in [0.25, 0.3) is 0 Å². The highest BCUT2D eigenvalue weighted by molar-refractivity contribution is 6.34. The minimum Gasteiger partial charge on any atom is -0.492 e. The summed E-state index contributed by atoms with van der Waals surface area (Å²) in [5.74, 6) is -1.90. The topological polar surface area (TPSA) is 97.3 Å². The normalized spacial score (nSPS) is 11.7. The zero-order valence-electron chi connectivity index (χ0n) is 24.4. The molecule has 8 nitrogen and oxygen atoms in total. The Bertz CT molecular complexity index is 1340. The number of carboxylic acids is 1.